The predicted molar refractivity (Wildman–Crippen MR) is 91.8 cm³/mol. The van der Waals surface area contributed by atoms with Crippen molar-refractivity contribution in [3.63, 3.8) is 0 Å². The van der Waals surface area contributed by atoms with E-state index in [1.165, 1.54) is 23.3 Å². The Labute approximate surface area is 138 Å². The maximum Gasteiger partial charge on any atom is 0.123 e. The number of hydrogen-bond donors (Lipinski definition) is 0. The second-order valence-electron chi connectivity index (χ2n) is 6.08. The molecule has 124 valence electrons. The maximum atomic E-state index is 13.0. The van der Waals surface area contributed by atoms with Gasteiger partial charge in [-0.25, -0.2) is 4.39 Å². The summed E-state index contributed by atoms with van der Waals surface area (Å²) in [6, 6.07) is 12.8. The van der Waals surface area contributed by atoms with E-state index in [2.05, 4.69) is 26.0 Å². The summed E-state index contributed by atoms with van der Waals surface area (Å²) < 4.78 is 23.7. The second kappa shape index (κ2) is 8.00. The van der Waals surface area contributed by atoms with Crippen LogP contribution in [0.4, 0.5) is 4.39 Å². The van der Waals surface area contributed by atoms with Gasteiger partial charge in [0.1, 0.15) is 17.3 Å². The average Bonchev–Trinajstić information content (AvgIpc) is 2.59. The summed E-state index contributed by atoms with van der Waals surface area (Å²) >= 11 is 0. The van der Waals surface area contributed by atoms with Crippen molar-refractivity contribution in [2.24, 2.45) is 5.92 Å². The fourth-order valence-electron chi connectivity index (χ4n) is 2.72. The highest BCUT2D eigenvalue weighted by atomic mass is 19.1. The Morgan fingerprint density at radius 3 is 2.00 bits per heavy atom. The van der Waals surface area contributed by atoms with E-state index in [0.29, 0.717) is 11.8 Å². The molecule has 0 unspecified atom stereocenters. The SMILES string of the molecule is COc1cc(OC)cc([C@H](C)[C@H](C)CCc2ccc(F)cc2)c1. The highest BCUT2D eigenvalue weighted by molar-refractivity contribution is 5.40. The van der Waals surface area contributed by atoms with Gasteiger partial charge >= 0.3 is 0 Å². The lowest BCUT2D eigenvalue weighted by Gasteiger charge is -2.21. The largest absolute Gasteiger partial charge is 0.497 e. The molecule has 0 fully saturated rings. The molecule has 0 aliphatic rings. The van der Waals surface area contributed by atoms with Crippen LogP contribution in [0.2, 0.25) is 0 Å². The third-order valence-corrected chi connectivity index (χ3v) is 4.55. The topological polar surface area (TPSA) is 18.5 Å². The summed E-state index contributed by atoms with van der Waals surface area (Å²) in [7, 11) is 3.34. The van der Waals surface area contributed by atoms with Crippen LogP contribution in [0, 0.1) is 11.7 Å². The van der Waals surface area contributed by atoms with Gasteiger partial charge in [-0.1, -0.05) is 26.0 Å². The first-order valence-electron chi connectivity index (χ1n) is 8.01. The molecule has 0 aromatic heterocycles. The number of methoxy groups -OCH3 is 2. The van der Waals surface area contributed by atoms with Crippen molar-refractivity contribution in [3.8, 4) is 11.5 Å². The quantitative estimate of drug-likeness (QED) is 0.697. The van der Waals surface area contributed by atoms with Crippen molar-refractivity contribution < 1.29 is 13.9 Å². The number of rotatable bonds is 7. The van der Waals surface area contributed by atoms with Crippen molar-refractivity contribution in [2.75, 3.05) is 14.2 Å². The first-order chi connectivity index (χ1) is 11.0. The molecule has 0 bridgehead atoms. The van der Waals surface area contributed by atoms with Gasteiger partial charge in [-0.2, -0.15) is 0 Å². The maximum absolute atomic E-state index is 13.0. The molecule has 0 radical (unpaired) electrons. The van der Waals surface area contributed by atoms with Crippen LogP contribution >= 0.6 is 0 Å². The van der Waals surface area contributed by atoms with Crippen molar-refractivity contribution in [1.29, 1.82) is 0 Å². The Kier molecular flexibility index (Phi) is 6.03. The lowest BCUT2D eigenvalue weighted by molar-refractivity contribution is 0.389. The van der Waals surface area contributed by atoms with E-state index in [1.807, 2.05) is 18.2 Å². The van der Waals surface area contributed by atoms with Gasteiger partial charge in [-0.15, -0.1) is 0 Å². The molecular formula is C20H25FO2. The van der Waals surface area contributed by atoms with E-state index in [-0.39, 0.29) is 5.82 Å². The zero-order valence-electron chi connectivity index (χ0n) is 14.3. The molecule has 2 rings (SSSR count). The number of halogens is 1. The molecular weight excluding hydrogens is 291 g/mol. The highest BCUT2D eigenvalue weighted by Gasteiger charge is 2.16. The number of hydrogen-bond acceptors (Lipinski definition) is 2. The van der Waals surface area contributed by atoms with Crippen molar-refractivity contribution in [2.45, 2.75) is 32.6 Å². The minimum Gasteiger partial charge on any atom is -0.497 e. The second-order valence-corrected chi connectivity index (χ2v) is 6.08. The van der Waals surface area contributed by atoms with Gasteiger partial charge in [-0.3, -0.25) is 0 Å². The summed E-state index contributed by atoms with van der Waals surface area (Å²) in [6.45, 7) is 4.48. The molecule has 0 aliphatic heterocycles. The Morgan fingerprint density at radius 1 is 0.913 bits per heavy atom. The van der Waals surface area contributed by atoms with Crippen molar-refractivity contribution in [1.82, 2.24) is 0 Å². The van der Waals surface area contributed by atoms with Crippen molar-refractivity contribution >= 4 is 0 Å². The molecule has 0 heterocycles. The summed E-state index contributed by atoms with van der Waals surface area (Å²) in [5.41, 5.74) is 2.39. The lowest BCUT2D eigenvalue weighted by atomic mass is 9.85. The van der Waals surface area contributed by atoms with Crippen LogP contribution in [-0.4, -0.2) is 14.2 Å². The average molecular weight is 316 g/mol. The van der Waals surface area contributed by atoms with E-state index in [1.54, 1.807) is 14.2 Å². The monoisotopic (exact) mass is 316 g/mol. The molecule has 0 saturated heterocycles. The van der Waals surface area contributed by atoms with E-state index in [0.717, 1.165) is 24.3 Å². The van der Waals surface area contributed by atoms with Gasteiger partial charge in [0.25, 0.3) is 0 Å². The number of benzene rings is 2. The molecule has 2 aromatic carbocycles. The van der Waals surface area contributed by atoms with Gasteiger partial charge in [0.2, 0.25) is 0 Å². The van der Waals surface area contributed by atoms with E-state index in [9.17, 15) is 4.39 Å². The zero-order chi connectivity index (χ0) is 16.8. The molecule has 3 heteroatoms. The standard InChI is InChI=1S/C20H25FO2/c1-14(5-6-16-7-9-18(21)10-8-16)15(2)17-11-19(22-3)13-20(12-17)23-4/h7-15H,5-6H2,1-4H3/t14-,15-/m1/s1. The van der Waals surface area contributed by atoms with Gasteiger partial charge in [0.05, 0.1) is 14.2 Å². The third-order valence-electron chi connectivity index (χ3n) is 4.55. The van der Waals surface area contributed by atoms with E-state index < -0.39 is 0 Å². The normalized spacial score (nSPS) is 13.4. The summed E-state index contributed by atoms with van der Waals surface area (Å²) in [6.07, 6.45) is 2.00. The van der Waals surface area contributed by atoms with Crippen LogP contribution < -0.4 is 9.47 Å². The molecule has 0 spiro atoms. The smallest absolute Gasteiger partial charge is 0.123 e. The van der Waals surface area contributed by atoms with Gasteiger partial charge in [0.15, 0.2) is 0 Å². The fourth-order valence-corrected chi connectivity index (χ4v) is 2.72. The molecule has 0 aliphatic carbocycles. The molecule has 0 amide bonds. The summed E-state index contributed by atoms with van der Waals surface area (Å²) in [5.74, 6) is 2.34. The molecule has 0 saturated carbocycles. The van der Waals surface area contributed by atoms with Crippen LogP contribution in [0.5, 0.6) is 11.5 Å². The van der Waals surface area contributed by atoms with Crippen molar-refractivity contribution in [3.05, 3.63) is 59.4 Å². The first kappa shape index (κ1) is 17.3. The van der Waals surface area contributed by atoms with Crippen LogP contribution in [-0.2, 0) is 6.42 Å². The first-order valence-corrected chi connectivity index (χ1v) is 8.01. The fraction of sp³-hybridized carbons (Fsp3) is 0.400. The van der Waals surface area contributed by atoms with Crippen LogP contribution in [0.3, 0.4) is 0 Å². The van der Waals surface area contributed by atoms with Crippen LogP contribution in [0.25, 0.3) is 0 Å². The summed E-state index contributed by atoms with van der Waals surface area (Å²) in [5, 5.41) is 0. The lowest BCUT2D eigenvalue weighted by Crippen LogP contribution is -2.08. The predicted octanol–water partition coefficient (Wildman–Crippen LogP) is 5.22. The Balaban J connectivity index is 2.03. The minimum atomic E-state index is -0.182. The molecule has 2 aromatic rings. The summed E-state index contributed by atoms with van der Waals surface area (Å²) in [4.78, 5) is 0. The van der Waals surface area contributed by atoms with E-state index in [4.69, 9.17) is 9.47 Å². The Morgan fingerprint density at radius 2 is 1.48 bits per heavy atom. The number of aryl methyl sites for hydroxylation is 1. The molecule has 0 N–H and O–H groups in total. The van der Waals surface area contributed by atoms with E-state index >= 15 is 0 Å². The molecule has 2 nitrogen and oxygen atoms in total. The minimum absolute atomic E-state index is 0.182. The Hall–Kier alpha value is -2.03. The molecule has 23 heavy (non-hydrogen) atoms. The highest BCUT2D eigenvalue weighted by Crippen LogP contribution is 2.33. The van der Waals surface area contributed by atoms with Gasteiger partial charge < -0.3 is 9.47 Å². The molecule has 2 atom stereocenters. The van der Waals surface area contributed by atoms with Gasteiger partial charge in [-0.05, 0) is 60.1 Å². The zero-order valence-corrected chi connectivity index (χ0v) is 14.3. The van der Waals surface area contributed by atoms with Crippen LogP contribution in [0.15, 0.2) is 42.5 Å². The number of ether oxygens (including phenoxy) is 2. The van der Waals surface area contributed by atoms with Gasteiger partial charge in [0, 0.05) is 6.07 Å². The third kappa shape index (κ3) is 4.72. The Bertz CT molecular complexity index is 600. The van der Waals surface area contributed by atoms with Crippen LogP contribution in [0.1, 0.15) is 37.3 Å².